The third-order valence-electron chi connectivity index (χ3n) is 8.48. The summed E-state index contributed by atoms with van der Waals surface area (Å²) >= 11 is -2.82. The Hall–Kier alpha value is -3.33. The van der Waals surface area contributed by atoms with E-state index >= 15 is 0 Å². The van der Waals surface area contributed by atoms with Gasteiger partial charge in [-0.2, -0.15) is 42.5 Å². The Morgan fingerprint density at radius 2 is 1.47 bits per heavy atom. The van der Waals surface area contributed by atoms with E-state index < -0.39 is 95.4 Å². The maximum absolute atomic E-state index is 14.2. The molecule has 0 bridgehead atoms. The van der Waals surface area contributed by atoms with Crippen molar-refractivity contribution < 1.29 is 155 Å². The second kappa shape index (κ2) is 25.2. The maximum atomic E-state index is 14.2. The van der Waals surface area contributed by atoms with E-state index in [4.69, 9.17) is 25.3 Å². The second-order valence-corrected chi connectivity index (χ2v) is 16.0. The number of aromatic nitrogens is 1. The Balaban J connectivity index is 0.00000161. The van der Waals surface area contributed by atoms with Gasteiger partial charge in [0.1, 0.15) is 17.3 Å². The Kier molecular flexibility index (Phi) is 23.1. The number of anilines is 2. The second-order valence-electron chi connectivity index (χ2n) is 12.1. The van der Waals surface area contributed by atoms with Gasteiger partial charge >= 0.3 is 116 Å². The van der Waals surface area contributed by atoms with Gasteiger partial charge in [-0.1, -0.05) is 51.5 Å². The van der Waals surface area contributed by atoms with Gasteiger partial charge in [0.2, 0.25) is 0 Å². The molecule has 0 aliphatic heterocycles. The number of carbonyl (C=O) groups is 4. The van der Waals surface area contributed by atoms with Crippen LogP contribution in [0.5, 0.6) is 0 Å². The van der Waals surface area contributed by atoms with E-state index in [2.05, 4.69) is 22.2 Å². The zero-order valence-electron chi connectivity index (χ0n) is 33.4. The minimum absolute atomic E-state index is 0. The zero-order valence-corrected chi connectivity index (χ0v) is 42.6. The summed E-state index contributed by atoms with van der Waals surface area (Å²) < 4.78 is 105. The van der Waals surface area contributed by atoms with Crippen molar-refractivity contribution in [3.05, 3.63) is 123 Å². The normalized spacial score (nSPS) is 11.2. The number of hydrogen-bond acceptors (Lipinski definition) is 17. The van der Waals surface area contributed by atoms with Crippen LogP contribution in [0.1, 0.15) is 43.8 Å². The summed E-state index contributed by atoms with van der Waals surface area (Å²) in [7, 11) is -7.62. The molecule has 0 saturated heterocycles. The van der Waals surface area contributed by atoms with Gasteiger partial charge in [-0.15, -0.1) is 36.9 Å². The van der Waals surface area contributed by atoms with Crippen molar-refractivity contribution in [2.45, 2.75) is 17.7 Å². The van der Waals surface area contributed by atoms with Crippen molar-refractivity contribution in [1.29, 1.82) is 0 Å². The molecule has 308 valence electrons. The predicted molar refractivity (Wildman–Crippen MR) is 206 cm³/mol. The Bertz CT molecular complexity index is 2940. The van der Waals surface area contributed by atoms with Gasteiger partial charge in [0, 0.05) is 35.7 Å². The average molecular weight is 953 g/mol. The number of hydrogen-bond donors (Lipinski definition) is 1. The summed E-state index contributed by atoms with van der Waals surface area (Å²) in [5.74, 6) is -4.06. The van der Waals surface area contributed by atoms with Crippen molar-refractivity contribution in [2.75, 3.05) is 23.9 Å². The van der Waals surface area contributed by atoms with E-state index in [-0.39, 0.29) is 138 Å². The number of pyridine rings is 1. The molecule has 0 saturated carbocycles. The summed E-state index contributed by atoms with van der Waals surface area (Å²) in [6, 6.07) is 24.2. The number of ether oxygens (including phenoxy) is 1. The molecule has 1 heterocycles. The summed E-state index contributed by atoms with van der Waals surface area (Å²) in [5, 5.41) is 3.43. The number of carbonyl (C=O) groups excluding carboxylic acids is 4. The van der Waals surface area contributed by atoms with Crippen LogP contribution in [-0.2, 0) is 69.9 Å². The SMILES string of the molecule is COC(=O)CCS(=O)(=O)CC(=O)Cc1cc(Nc2ccc3c4c2C(=O)c2ccccc2-c4c(C(=O)c2c[c-]ccc2)c(=O)n3C)[c-]cc1S(=O)[O-].O=S(=O)=O.O=S(=O)=O.[Na+].[Na+].[Na+]. The fraction of sp³-hybridized carbons (Fsp3) is 0.162. The number of nitrogens with one attached hydrogen (secondary N) is 1. The number of benzene rings is 4. The number of methoxy groups -OCH3 is 1. The molecule has 1 aliphatic rings. The number of esters is 1. The van der Waals surface area contributed by atoms with Gasteiger partial charge in [0.25, 0.3) is 5.56 Å². The Labute approximate surface area is 425 Å². The number of sulfone groups is 1. The molecule has 18 nitrogen and oxygen atoms in total. The smallest absolute Gasteiger partial charge is 0.779 e. The molecule has 6 rings (SSSR count). The van der Waals surface area contributed by atoms with Crippen molar-refractivity contribution in [1.82, 2.24) is 4.57 Å². The van der Waals surface area contributed by atoms with Gasteiger partial charge in [-0.05, 0) is 17.7 Å². The topological polar surface area (TPSA) is 288 Å². The Morgan fingerprint density at radius 3 is 2.03 bits per heavy atom. The van der Waals surface area contributed by atoms with Crippen LogP contribution in [-0.4, -0.2) is 88.9 Å². The molecule has 0 radical (unpaired) electrons. The minimum atomic E-state index is -4.01. The van der Waals surface area contributed by atoms with Crippen molar-refractivity contribution in [2.24, 2.45) is 7.05 Å². The molecule has 1 aliphatic carbocycles. The van der Waals surface area contributed by atoms with Crippen LogP contribution < -0.4 is 99.5 Å². The molecule has 0 fully saturated rings. The van der Waals surface area contributed by atoms with Crippen LogP contribution in [0.2, 0.25) is 0 Å². The first-order valence-electron chi connectivity index (χ1n) is 16.4. The number of fused-ring (bicyclic) bond motifs is 2. The standard InChI is InChI=1S/C37H28N2O10S2.3Na.2O3S/c1-39-28-14-13-27(38-23-12-15-29(50(45)46)22(18-23)19-24(40)20-51(47,48)17-16-30(41)49-2)32-33(28)31(25-10-6-7-11-26(25)36(32)43)34(37(39)44)35(42)21-8-4-3-5-9-21;;;;2*1-4(2)3/h3-4,6-11,13-15,18,38H,16-17,19-20H2,1-2H3,(H,45,46);;;;;/q-2;3*+1;;/p-1. The van der Waals surface area contributed by atoms with Gasteiger partial charge < -0.3 is 24.0 Å². The maximum Gasteiger partial charge on any atom is 1.00 e. The number of ketones is 3. The monoisotopic (exact) mass is 952 g/mol. The quantitative estimate of drug-likeness (QED) is 0.0392. The van der Waals surface area contributed by atoms with Crippen molar-refractivity contribution in [3.63, 3.8) is 0 Å². The van der Waals surface area contributed by atoms with Crippen molar-refractivity contribution in [3.8, 4) is 11.1 Å². The molecule has 4 aromatic carbocycles. The fourth-order valence-electron chi connectivity index (χ4n) is 6.12. The summed E-state index contributed by atoms with van der Waals surface area (Å²) in [6.45, 7) is 0. The molecule has 0 amide bonds. The first kappa shape index (κ1) is 56.7. The number of rotatable bonds is 12. The van der Waals surface area contributed by atoms with Crippen LogP contribution in [0.4, 0.5) is 11.4 Å². The van der Waals surface area contributed by atoms with Gasteiger partial charge in [-0.25, -0.2) is 8.42 Å². The van der Waals surface area contributed by atoms with E-state index in [0.717, 1.165) is 13.2 Å². The zero-order chi connectivity index (χ0) is 43.8. The van der Waals surface area contributed by atoms with Crippen LogP contribution in [0.25, 0.3) is 22.0 Å². The molecule has 1 unspecified atom stereocenters. The fourth-order valence-corrected chi connectivity index (χ4v) is 7.84. The van der Waals surface area contributed by atoms with Crippen LogP contribution in [0, 0.1) is 12.1 Å². The van der Waals surface area contributed by atoms with Gasteiger partial charge in [-0.3, -0.25) is 23.4 Å². The first-order chi connectivity index (χ1) is 27.8. The molecule has 25 heteroatoms. The molecular weight excluding hydrogens is 926 g/mol. The predicted octanol–water partition coefficient (Wildman–Crippen LogP) is -7.34. The third-order valence-corrected chi connectivity index (χ3v) is 10.8. The van der Waals surface area contributed by atoms with Crippen LogP contribution in [0.15, 0.2) is 82.5 Å². The van der Waals surface area contributed by atoms with Crippen LogP contribution in [0.3, 0.4) is 0 Å². The van der Waals surface area contributed by atoms with E-state index in [1.54, 1.807) is 54.6 Å². The van der Waals surface area contributed by atoms with Gasteiger partial charge in [0.15, 0.2) is 15.6 Å². The van der Waals surface area contributed by atoms with E-state index in [0.29, 0.717) is 16.5 Å². The summed E-state index contributed by atoms with van der Waals surface area (Å²) in [6.07, 6.45) is -1.01. The molecule has 1 aromatic heterocycles. The number of aryl methyl sites for hydroxylation is 1. The minimum Gasteiger partial charge on any atom is -0.779 e. The van der Waals surface area contributed by atoms with Crippen LogP contribution >= 0.6 is 0 Å². The molecular formula is C37H27N2Na3O16S4. The van der Waals surface area contributed by atoms with Gasteiger partial charge in [0.05, 0.1) is 35.9 Å². The molecule has 0 spiro atoms. The van der Waals surface area contributed by atoms with Crippen molar-refractivity contribution >= 4 is 87.7 Å². The first-order valence-corrected chi connectivity index (χ1v) is 21.3. The van der Waals surface area contributed by atoms with E-state index in [1.165, 1.54) is 23.7 Å². The number of Topliss-reactive ketones (excluding diaryl/α,β-unsaturated/α-hetero) is 1. The molecule has 1 atom stereocenters. The van der Waals surface area contributed by atoms with E-state index in [1.807, 2.05) is 0 Å². The largest absolute Gasteiger partial charge is 1.00 e. The number of nitrogens with zero attached hydrogens (tertiary/aromatic N) is 1. The average Bonchev–Trinajstić information content (AvgIpc) is 3.17. The van der Waals surface area contributed by atoms with E-state index in [9.17, 15) is 41.2 Å². The summed E-state index contributed by atoms with van der Waals surface area (Å²) in [4.78, 5) is 66.0. The Morgan fingerprint density at radius 1 is 0.855 bits per heavy atom. The molecule has 62 heavy (non-hydrogen) atoms. The summed E-state index contributed by atoms with van der Waals surface area (Å²) in [5.41, 5.74) is 1.39. The molecule has 1 N–H and O–H groups in total. The molecule has 5 aromatic rings. The third kappa shape index (κ3) is 14.3.